The van der Waals surface area contributed by atoms with Gasteiger partial charge in [0, 0.05) is 33.4 Å². The van der Waals surface area contributed by atoms with E-state index in [2.05, 4.69) is 26.2 Å². The standard InChI is InChI=1S/C18H13BrN2O/c19-15-7-2-8-16(12-15)21-17(22)10-9-14-5-1-4-13-6-3-11-20-18(13)14/h1-12H,(H,21,22)/b10-9+. The van der Waals surface area contributed by atoms with Gasteiger partial charge in [0.2, 0.25) is 5.91 Å². The first kappa shape index (κ1) is 14.5. The molecule has 0 atom stereocenters. The van der Waals surface area contributed by atoms with Crippen LogP contribution >= 0.6 is 15.9 Å². The highest BCUT2D eigenvalue weighted by atomic mass is 79.9. The summed E-state index contributed by atoms with van der Waals surface area (Å²) in [6.45, 7) is 0. The van der Waals surface area contributed by atoms with Gasteiger partial charge in [-0.3, -0.25) is 9.78 Å². The molecular weight excluding hydrogens is 340 g/mol. The maximum Gasteiger partial charge on any atom is 0.248 e. The smallest absolute Gasteiger partial charge is 0.248 e. The van der Waals surface area contributed by atoms with E-state index in [1.165, 1.54) is 6.08 Å². The van der Waals surface area contributed by atoms with Gasteiger partial charge in [-0.1, -0.05) is 46.3 Å². The van der Waals surface area contributed by atoms with Crippen LogP contribution in [0.5, 0.6) is 0 Å². The molecule has 0 bridgehead atoms. The van der Waals surface area contributed by atoms with Crippen LogP contribution in [0.2, 0.25) is 0 Å². The molecule has 0 unspecified atom stereocenters. The van der Waals surface area contributed by atoms with Crippen molar-refractivity contribution >= 4 is 44.5 Å². The number of halogens is 1. The summed E-state index contributed by atoms with van der Waals surface area (Å²) in [6.07, 6.45) is 5.05. The summed E-state index contributed by atoms with van der Waals surface area (Å²) in [5, 5.41) is 3.88. The Balaban J connectivity index is 1.79. The molecular formula is C18H13BrN2O. The number of para-hydroxylation sites is 1. The molecule has 22 heavy (non-hydrogen) atoms. The first-order valence-electron chi connectivity index (χ1n) is 6.81. The van der Waals surface area contributed by atoms with Crippen molar-refractivity contribution in [2.45, 2.75) is 0 Å². The summed E-state index contributed by atoms with van der Waals surface area (Å²) < 4.78 is 0.924. The molecule has 2 aromatic carbocycles. The van der Waals surface area contributed by atoms with E-state index in [1.54, 1.807) is 12.3 Å². The third kappa shape index (κ3) is 3.40. The molecule has 3 rings (SSSR count). The molecule has 3 aromatic rings. The van der Waals surface area contributed by atoms with Gasteiger partial charge in [0.15, 0.2) is 0 Å². The SMILES string of the molecule is O=C(/C=C/c1cccc2cccnc12)Nc1cccc(Br)c1. The zero-order valence-corrected chi connectivity index (χ0v) is 13.2. The fourth-order valence-electron chi connectivity index (χ4n) is 2.18. The zero-order valence-electron chi connectivity index (χ0n) is 11.7. The van der Waals surface area contributed by atoms with Crippen molar-refractivity contribution in [3.63, 3.8) is 0 Å². The number of hydrogen-bond acceptors (Lipinski definition) is 2. The highest BCUT2D eigenvalue weighted by Crippen LogP contribution is 2.18. The maximum atomic E-state index is 12.0. The zero-order chi connectivity index (χ0) is 15.4. The number of amides is 1. The molecule has 0 aliphatic heterocycles. The lowest BCUT2D eigenvalue weighted by Gasteiger charge is -2.03. The van der Waals surface area contributed by atoms with E-state index in [0.717, 1.165) is 26.6 Å². The number of benzene rings is 2. The van der Waals surface area contributed by atoms with Gasteiger partial charge in [0.25, 0.3) is 0 Å². The van der Waals surface area contributed by atoms with Crippen LogP contribution in [0.1, 0.15) is 5.56 Å². The Morgan fingerprint density at radius 2 is 1.91 bits per heavy atom. The van der Waals surface area contributed by atoms with Crippen LogP contribution in [0, 0.1) is 0 Å². The van der Waals surface area contributed by atoms with Crippen LogP contribution in [0.4, 0.5) is 5.69 Å². The monoisotopic (exact) mass is 352 g/mol. The van der Waals surface area contributed by atoms with Crippen LogP contribution in [0.25, 0.3) is 17.0 Å². The van der Waals surface area contributed by atoms with E-state index >= 15 is 0 Å². The number of pyridine rings is 1. The summed E-state index contributed by atoms with van der Waals surface area (Å²) in [5.74, 6) is -0.175. The lowest BCUT2D eigenvalue weighted by Crippen LogP contribution is -2.07. The molecule has 0 saturated carbocycles. The molecule has 0 fully saturated rings. The molecule has 0 saturated heterocycles. The molecule has 1 heterocycles. The van der Waals surface area contributed by atoms with Crippen molar-refractivity contribution in [3.05, 3.63) is 76.9 Å². The Hall–Kier alpha value is -2.46. The molecule has 0 aliphatic rings. The number of carbonyl (C=O) groups excluding carboxylic acids is 1. The molecule has 1 N–H and O–H groups in total. The molecule has 1 amide bonds. The number of anilines is 1. The minimum Gasteiger partial charge on any atom is -0.322 e. The van der Waals surface area contributed by atoms with Crippen molar-refractivity contribution in [2.75, 3.05) is 5.32 Å². The average Bonchev–Trinajstić information content (AvgIpc) is 2.53. The molecule has 4 heteroatoms. The normalized spacial score (nSPS) is 11.0. The van der Waals surface area contributed by atoms with Crippen molar-refractivity contribution in [2.24, 2.45) is 0 Å². The summed E-state index contributed by atoms with van der Waals surface area (Å²) in [5.41, 5.74) is 2.55. The topological polar surface area (TPSA) is 42.0 Å². The second-order valence-electron chi connectivity index (χ2n) is 4.76. The number of hydrogen-bond donors (Lipinski definition) is 1. The predicted octanol–water partition coefficient (Wildman–Crippen LogP) is 4.65. The third-order valence-electron chi connectivity index (χ3n) is 3.17. The van der Waals surface area contributed by atoms with E-state index in [1.807, 2.05) is 54.6 Å². The highest BCUT2D eigenvalue weighted by Gasteiger charge is 2.01. The van der Waals surface area contributed by atoms with Crippen LogP contribution in [0.15, 0.2) is 71.3 Å². The fraction of sp³-hybridized carbons (Fsp3) is 0. The van der Waals surface area contributed by atoms with Gasteiger partial charge in [0.1, 0.15) is 0 Å². The van der Waals surface area contributed by atoms with Crippen LogP contribution in [-0.2, 0) is 4.79 Å². The largest absolute Gasteiger partial charge is 0.322 e. The van der Waals surface area contributed by atoms with E-state index in [4.69, 9.17) is 0 Å². The lowest BCUT2D eigenvalue weighted by molar-refractivity contribution is -0.111. The van der Waals surface area contributed by atoms with Crippen molar-refractivity contribution in [1.29, 1.82) is 0 Å². The van der Waals surface area contributed by atoms with Gasteiger partial charge < -0.3 is 5.32 Å². The second-order valence-corrected chi connectivity index (χ2v) is 5.67. The Labute approximate surface area is 136 Å². The average molecular weight is 353 g/mol. The molecule has 108 valence electrons. The lowest BCUT2D eigenvalue weighted by atomic mass is 10.1. The Morgan fingerprint density at radius 1 is 1.09 bits per heavy atom. The Morgan fingerprint density at radius 3 is 2.77 bits per heavy atom. The first-order chi connectivity index (χ1) is 10.7. The second kappa shape index (κ2) is 6.54. The number of nitrogens with zero attached hydrogens (tertiary/aromatic N) is 1. The number of carbonyl (C=O) groups is 1. The third-order valence-corrected chi connectivity index (χ3v) is 3.66. The molecule has 3 nitrogen and oxygen atoms in total. The predicted molar refractivity (Wildman–Crippen MR) is 93.5 cm³/mol. The number of fused-ring (bicyclic) bond motifs is 1. The Bertz CT molecular complexity index is 853. The van der Waals surface area contributed by atoms with Gasteiger partial charge in [-0.05, 0) is 30.3 Å². The van der Waals surface area contributed by atoms with Crippen LogP contribution < -0.4 is 5.32 Å². The molecule has 0 spiro atoms. The van der Waals surface area contributed by atoms with E-state index in [9.17, 15) is 4.79 Å². The van der Waals surface area contributed by atoms with Crippen molar-refractivity contribution < 1.29 is 4.79 Å². The molecule has 1 aromatic heterocycles. The van der Waals surface area contributed by atoms with E-state index < -0.39 is 0 Å². The minimum absolute atomic E-state index is 0.175. The van der Waals surface area contributed by atoms with Gasteiger partial charge in [-0.2, -0.15) is 0 Å². The summed E-state index contributed by atoms with van der Waals surface area (Å²) in [6, 6.07) is 17.3. The van der Waals surface area contributed by atoms with E-state index in [0.29, 0.717) is 0 Å². The molecule has 0 radical (unpaired) electrons. The summed E-state index contributed by atoms with van der Waals surface area (Å²) >= 11 is 3.38. The van der Waals surface area contributed by atoms with Gasteiger partial charge >= 0.3 is 0 Å². The number of rotatable bonds is 3. The van der Waals surface area contributed by atoms with Crippen LogP contribution in [-0.4, -0.2) is 10.9 Å². The van der Waals surface area contributed by atoms with E-state index in [-0.39, 0.29) is 5.91 Å². The summed E-state index contributed by atoms with van der Waals surface area (Å²) in [7, 11) is 0. The van der Waals surface area contributed by atoms with Crippen molar-refractivity contribution in [3.8, 4) is 0 Å². The quantitative estimate of drug-likeness (QED) is 0.697. The van der Waals surface area contributed by atoms with Crippen molar-refractivity contribution in [1.82, 2.24) is 4.98 Å². The first-order valence-corrected chi connectivity index (χ1v) is 7.60. The molecule has 0 aliphatic carbocycles. The minimum atomic E-state index is -0.175. The Kier molecular flexibility index (Phi) is 4.30. The van der Waals surface area contributed by atoms with Gasteiger partial charge in [-0.25, -0.2) is 0 Å². The van der Waals surface area contributed by atoms with Gasteiger partial charge in [0.05, 0.1) is 5.52 Å². The highest BCUT2D eigenvalue weighted by molar-refractivity contribution is 9.10. The summed E-state index contributed by atoms with van der Waals surface area (Å²) in [4.78, 5) is 16.4. The van der Waals surface area contributed by atoms with Crippen LogP contribution in [0.3, 0.4) is 0 Å². The fourth-order valence-corrected chi connectivity index (χ4v) is 2.58. The maximum absolute atomic E-state index is 12.0. The van der Waals surface area contributed by atoms with Gasteiger partial charge in [-0.15, -0.1) is 0 Å². The number of nitrogens with one attached hydrogen (secondary N) is 1. The number of aromatic nitrogens is 1.